The van der Waals surface area contributed by atoms with E-state index in [-0.39, 0.29) is 0 Å². The molecule has 0 amide bonds. The minimum atomic E-state index is 0.845. The van der Waals surface area contributed by atoms with E-state index in [9.17, 15) is 0 Å². The topological polar surface area (TPSA) is 52.0 Å². The first-order chi connectivity index (χ1) is 8.22. The lowest BCUT2D eigenvalue weighted by atomic mass is 10.0. The molecule has 0 aromatic rings. The summed E-state index contributed by atoms with van der Waals surface area (Å²) in [7, 11) is 0. The van der Waals surface area contributed by atoms with E-state index in [1.54, 1.807) is 0 Å². The summed E-state index contributed by atoms with van der Waals surface area (Å²) in [5, 5.41) is 0. The number of hydrogen-bond acceptors (Lipinski definition) is 2. The molecule has 0 bridgehead atoms. The zero-order valence-corrected chi connectivity index (χ0v) is 11.9. The van der Waals surface area contributed by atoms with Gasteiger partial charge in [-0.25, -0.2) is 0 Å². The number of allylic oxidation sites excluding steroid dienone is 2. The summed E-state index contributed by atoms with van der Waals surface area (Å²) in [6.45, 7) is 5.22. The average Bonchev–Trinajstić information content (AvgIpc) is 2.32. The van der Waals surface area contributed by atoms with Gasteiger partial charge in [0, 0.05) is 5.70 Å². The van der Waals surface area contributed by atoms with Crippen molar-refractivity contribution in [3.8, 4) is 0 Å². The van der Waals surface area contributed by atoms with Crippen LogP contribution in [0.5, 0.6) is 0 Å². The minimum Gasteiger partial charge on any atom is -0.402 e. The third-order valence-electron chi connectivity index (χ3n) is 3.32. The van der Waals surface area contributed by atoms with E-state index >= 15 is 0 Å². The lowest BCUT2D eigenvalue weighted by Crippen LogP contribution is -2.01. The molecule has 0 aromatic carbocycles. The van der Waals surface area contributed by atoms with Crippen molar-refractivity contribution in [2.45, 2.75) is 78.1 Å². The Labute approximate surface area is 108 Å². The Balaban J connectivity index is 3.36. The molecule has 2 nitrogen and oxygen atoms in total. The largest absolute Gasteiger partial charge is 0.402 e. The van der Waals surface area contributed by atoms with E-state index in [1.807, 2.05) is 0 Å². The summed E-state index contributed by atoms with van der Waals surface area (Å²) >= 11 is 0. The van der Waals surface area contributed by atoms with Crippen LogP contribution in [-0.2, 0) is 0 Å². The molecule has 0 unspecified atom stereocenters. The van der Waals surface area contributed by atoms with Crippen molar-refractivity contribution < 1.29 is 0 Å². The molecule has 0 aliphatic rings. The lowest BCUT2D eigenvalue weighted by Gasteiger charge is -2.07. The predicted molar refractivity (Wildman–Crippen MR) is 77.8 cm³/mol. The molecule has 0 aliphatic heterocycles. The molecule has 0 saturated carbocycles. The monoisotopic (exact) mass is 240 g/mol. The van der Waals surface area contributed by atoms with Crippen LogP contribution in [0.25, 0.3) is 0 Å². The van der Waals surface area contributed by atoms with Crippen LogP contribution in [0.3, 0.4) is 0 Å². The van der Waals surface area contributed by atoms with Gasteiger partial charge in [-0.3, -0.25) is 0 Å². The van der Waals surface area contributed by atoms with E-state index in [2.05, 4.69) is 13.8 Å². The molecule has 4 N–H and O–H groups in total. The van der Waals surface area contributed by atoms with Gasteiger partial charge in [0.15, 0.2) is 0 Å². The zero-order valence-electron chi connectivity index (χ0n) is 11.9. The second kappa shape index (κ2) is 12.0. The van der Waals surface area contributed by atoms with Crippen molar-refractivity contribution in [1.82, 2.24) is 0 Å². The predicted octanol–water partition coefficient (Wildman–Crippen LogP) is 4.10. The Morgan fingerprint density at radius 2 is 1.35 bits per heavy atom. The van der Waals surface area contributed by atoms with Crippen molar-refractivity contribution >= 4 is 0 Å². The standard InChI is InChI=1S/C15H32N2/c1-3-11-14(2)15(17)12-9-7-5-4-6-8-10-13-16/h3-13,16-17H2,1-2H3. The molecule has 0 aromatic heterocycles. The molecule has 0 radical (unpaired) electrons. The van der Waals surface area contributed by atoms with Crippen LogP contribution in [0.15, 0.2) is 11.3 Å². The van der Waals surface area contributed by atoms with E-state index in [0.29, 0.717) is 0 Å². The first-order valence-corrected chi connectivity index (χ1v) is 7.36. The molecule has 0 spiro atoms. The van der Waals surface area contributed by atoms with Gasteiger partial charge in [-0.2, -0.15) is 0 Å². The van der Waals surface area contributed by atoms with Crippen LogP contribution in [0, 0.1) is 0 Å². The van der Waals surface area contributed by atoms with Crippen molar-refractivity contribution in [2.75, 3.05) is 6.54 Å². The van der Waals surface area contributed by atoms with Gasteiger partial charge in [0.2, 0.25) is 0 Å². The summed E-state index contributed by atoms with van der Waals surface area (Å²) in [5.74, 6) is 0. The van der Waals surface area contributed by atoms with Crippen molar-refractivity contribution in [1.29, 1.82) is 0 Å². The van der Waals surface area contributed by atoms with Gasteiger partial charge in [0.1, 0.15) is 0 Å². The molecular formula is C15H32N2. The highest BCUT2D eigenvalue weighted by Crippen LogP contribution is 2.14. The maximum absolute atomic E-state index is 6.05. The summed E-state index contributed by atoms with van der Waals surface area (Å²) in [6, 6.07) is 0. The first-order valence-electron chi connectivity index (χ1n) is 7.36. The van der Waals surface area contributed by atoms with Gasteiger partial charge in [-0.15, -0.1) is 0 Å². The number of unbranched alkanes of at least 4 members (excludes halogenated alkanes) is 6. The van der Waals surface area contributed by atoms with Crippen molar-refractivity contribution in [3.63, 3.8) is 0 Å². The van der Waals surface area contributed by atoms with Crippen molar-refractivity contribution in [3.05, 3.63) is 11.3 Å². The fourth-order valence-corrected chi connectivity index (χ4v) is 2.09. The van der Waals surface area contributed by atoms with Crippen LogP contribution in [-0.4, -0.2) is 6.54 Å². The average molecular weight is 240 g/mol. The molecule has 0 aliphatic carbocycles. The molecule has 102 valence electrons. The maximum atomic E-state index is 6.05. The second-order valence-corrected chi connectivity index (χ2v) is 5.07. The van der Waals surface area contributed by atoms with Gasteiger partial charge in [-0.1, -0.05) is 51.0 Å². The summed E-state index contributed by atoms with van der Waals surface area (Å²) < 4.78 is 0. The number of nitrogens with two attached hydrogens (primary N) is 2. The Morgan fingerprint density at radius 1 is 0.824 bits per heavy atom. The molecule has 0 atom stereocenters. The normalized spacial score (nSPS) is 12.6. The Kier molecular flexibility index (Phi) is 11.6. The van der Waals surface area contributed by atoms with Gasteiger partial charge >= 0.3 is 0 Å². The molecule has 2 heteroatoms. The van der Waals surface area contributed by atoms with Gasteiger partial charge in [0.25, 0.3) is 0 Å². The van der Waals surface area contributed by atoms with Crippen LogP contribution in [0.4, 0.5) is 0 Å². The highest BCUT2D eigenvalue weighted by Gasteiger charge is 1.98. The fourth-order valence-electron chi connectivity index (χ4n) is 2.09. The molecule has 0 fully saturated rings. The Bertz CT molecular complexity index is 197. The fraction of sp³-hybridized carbons (Fsp3) is 0.867. The van der Waals surface area contributed by atoms with E-state index < -0.39 is 0 Å². The van der Waals surface area contributed by atoms with Gasteiger partial charge in [-0.05, 0) is 39.2 Å². The zero-order chi connectivity index (χ0) is 12.9. The molecule has 0 saturated heterocycles. The van der Waals surface area contributed by atoms with E-state index in [4.69, 9.17) is 11.5 Å². The Morgan fingerprint density at radius 3 is 1.88 bits per heavy atom. The summed E-state index contributed by atoms with van der Waals surface area (Å²) in [4.78, 5) is 0. The van der Waals surface area contributed by atoms with Gasteiger partial charge < -0.3 is 11.5 Å². The summed E-state index contributed by atoms with van der Waals surface area (Å²) in [5.41, 5.74) is 14.0. The summed E-state index contributed by atoms with van der Waals surface area (Å²) in [6.07, 6.45) is 12.6. The van der Waals surface area contributed by atoms with Crippen LogP contribution in [0.2, 0.25) is 0 Å². The lowest BCUT2D eigenvalue weighted by molar-refractivity contribution is 0.579. The molecule has 0 heterocycles. The molecule has 0 rings (SSSR count). The van der Waals surface area contributed by atoms with E-state index in [0.717, 1.165) is 25.1 Å². The van der Waals surface area contributed by atoms with Crippen LogP contribution in [0.1, 0.15) is 78.1 Å². The number of hydrogen-bond donors (Lipinski definition) is 2. The van der Waals surface area contributed by atoms with Crippen molar-refractivity contribution in [2.24, 2.45) is 11.5 Å². The first kappa shape index (κ1) is 16.5. The quantitative estimate of drug-likeness (QED) is 0.534. The molecular weight excluding hydrogens is 208 g/mol. The molecule has 17 heavy (non-hydrogen) atoms. The Hall–Kier alpha value is -0.500. The second-order valence-electron chi connectivity index (χ2n) is 5.07. The SMILES string of the molecule is CCCC(C)=C(N)CCCCCCCCCN. The maximum Gasteiger partial charge on any atom is 0.00695 e. The minimum absolute atomic E-state index is 0.845. The highest BCUT2D eigenvalue weighted by molar-refractivity contribution is 5.07. The highest BCUT2D eigenvalue weighted by atomic mass is 14.6. The smallest absolute Gasteiger partial charge is 0.00695 e. The number of rotatable bonds is 11. The van der Waals surface area contributed by atoms with Crippen LogP contribution >= 0.6 is 0 Å². The third-order valence-corrected chi connectivity index (χ3v) is 3.32. The van der Waals surface area contributed by atoms with Crippen LogP contribution < -0.4 is 11.5 Å². The van der Waals surface area contributed by atoms with E-state index in [1.165, 1.54) is 56.9 Å². The van der Waals surface area contributed by atoms with Gasteiger partial charge in [0.05, 0.1) is 0 Å². The third kappa shape index (κ3) is 10.4.